The van der Waals surface area contributed by atoms with Crippen molar-refractivity contribution in [1.29, 1.82) is 0 Å². The fraction of sp³-hybridized carbons (Fsp3) is 0.875. The first-order valence-electron chi connectivity index (χ1n) is 12.5. The van der Waals surface area contributed by atoms with Crippen molar-refractivity contribution in [3.8, 4) is 0 Å². The molecule has 0 unspecified atom stereocenters. The lowest BCUT2D eigenvalue weighted by molar-refractivity contribution is -0.119. The van der Waals surface area contributed by atoms with E-state index in [0.29, 0.717) is 17.2 Å². The Bertz CT molecular complexity index is 717. The van der Waals surface area contributed by atoms with Gasteiger partial charge >= 0.3 is 0 Å². The highest BCUT2D eigenvalue weighted by atomic mass is 32.2. The molecule has 1 heterocycles. The SMILES string of the molecule is CCn1c(CC23CC4CC(CC(C4)C2)C3)nnc1SCC(=O)NC1CCCCCC1. The Morgan fingerprint density at radius 3 is 2.27 bits per heavy atom. The average molecular weight is 431 g/mol. The van der Waals surface area contributed by atoms with Gasteiger partial charge in [0.25, 0.3) is 0 Å². The minimum Gasteiger partial charge on any atom is -0.353 e. The number of carbonyl (C=O) groups is 1. The molecule has 0 radical (unpaired) electrons. The predicted octanol–water partition coefficient (Wildman–Crippen LogP) is 4.99. The van der Waals surface area contributed by atoms with E-state index < -0.39 is 0 Å². The molecule has 0 atom stereocenters. The zero-order valence-electron chi connectivity index (χ0n) is 18.6. The predicted molar refractivity (Wildman–Crippen MR) is 120 cm³/mol. The zero-order chi connectivity index (χ0) is 20.6. The van der Waals surface area contributed by atoms with Crippen molar-refractivity contribution in [3.05, 3.63) is 5.82 Å². The van der Waals surface area contributed by atoms with Gasteiger partial charge in [0.1, 0.15) is 5.82 Å². The highest BCUT2D eigenvalue weighted by molar-refractivity contribution is 7.99. The number of carbonyl (C=O) groups excluding carboxylic acids is 1. The summed E-state index contributed by atoms with van der Waals surface area (Å²) in [6.07, 6.45) is 17.1. The van der Waals surface area contributed by atoms with Crippen LogP contribution < -0.4 is 5.32 Å². The van der Waals surface area contributed by atoms with Gasteiger partial charge in [-0.3, -0.25) is 4.79 Å². The van der Waals surface area contributed by atoms with Crippen molar-refractivity contribution in [3.63, 3.8) is 0 Å². The summed E-state index contributed by atoms with van der Waals surface area (Å²) < 4.78 is 2.28. The number of nitrogens with one attached hydrogen (secondary N) is 1. The molecule has 166 valence electrons. The summed E-state index contributed by atoms with van der Waals surface area (Å²) in [6, 6.07) is 0.372. The zero-order valence-corrected chi connectivity index (χ0v) is 19.4. The van der Waals surface area contributed by atoms with Crippen LogP contribution in [0, 0.1) is 23.2 Å². The van der Waals surface area contributed by atoms with Gasteiger partial charge < -0.3 is 9.88 Å². The average Bonchev–Trinajstić information content (AvgIpc) is 2.89. The van der Waals surface area contributed by atoms with E-state index in [9.17, 15) is 4.79 Å². The lowest BCUT2D eigenvalue weighted by Crippen LogP contribution is -2.47. The van der Waals surface area contributed by atoms with Crippen molar-refractivity contribution >= 4 is 17.7 Å². The van der Waals surface area contributed by atoms with E-state index in [2.05, 4.69) is 27.0 Å². The molecule has 4 bridgehead atoms. The van der Waals surface area contributed by atoms with Crippen LogP contribution in [0.3, 0.4) is 0 Å². The molecule has 0 saturated heterocycles. The molecular weight excluding hydrogens is 392 g/mol. The van der Waals surface area contributed by atoms with Crippen LogP contribution in [0.15, 0.2) is 5.16 Å². The fourth-order valence-corrected chi connectivity index (χ4v) is 8.37. The van der Waals surface area contributed by atoms with E-state index in [1.165, 1.54) is 64.2 Å². The van der Waals surface area contributed by atoms with Gasteiger partial charge in [-0.25, -0.2) is 0 Å². The van der Waals surface area contributed by atoms with E-state index >= 15 is 0 Å². The van der Waals surface area contributed by atoms with Gasteiger partial charge in [0.2, 0.25) is 5.91 Å². The quantitative estimate of drug-likeness (QED) is 0.489. The second-order valence-corrected chi connectivity index (χ2v) is 11.7. The number of amides is 1. The van der Waals surface area contributed by atoms with Gasteiger partial charge in [-0.15, -0.1) is 10.2 Å². The first kappa shape index (κ1) is 20.8. The monoisotopic (exact) mass is 430 g/mol. The Morgan fingerprint density at radius 1 is 1.03 bits per heavy atom. The van der Waals surface area contributed by atoms with Gasteiger partial charge in [0.05, 0.1) is 5.75 Å². The van der Waals surface area contributed by atoms with Crippen LogP contribution in [0.1, 0.15) is 89.8 Å². The molecule has 5 aliphatic rings. The van der Waals surface area contributed by atoms with E-state index in [1.54, 1.807) is 11.8 Å². The number of hydrogen-bond donors (Lipinski definition) is 1. The van der Waals surface area contributed by atoms with Crippen molar-refractivity contribution < 1.29 is 4.79 Å². The molecule has 30 heavy (non-hydrogen) atoms. The summed E-state index contributed by atoms with van der Waals surface area (Å²) in [5.74, 6) is 4.67. The van der Waals surface area contributed by atoms with Crippen LogP contribution in [-0.2, 0) is 17.8 Å². The van der Waals surface area contributed by atoms with Crippen molar-refractivity contribution in [2.75, 3.05) is 5.75 Å². The highest BCUT2D eigenvalue weighted by Crippen LogP contribution is 2.61. The minimum atomic E-state index is 0.153. The van der Waals surface area contributed by atoms with E-state index in [1.807, 2.05) is 0 Å². The third-order valence-corrected chi connectivity index (χ3v) is 9.33. The molecule has 1 N–H and O–H groups in total. The van der Waals surface area contributed by atoms with Crippen LogP contribution in [0.25, 0.3) is 0 Å². The van der Waals surface area contributed by atoms with Gasteiger partial charge in [0.15, 0.2) is 5.16 Å². The summed E-state index contributed by atoms with van der Waals surface area (Å²) in [7, 11) is 0. The summed E-state index contributed by atoms with van der Waals surface area (Å²) in [6.45, 7) is 3.07. The smallest absolute Gasteiger partial charge is 0.230 e. The highest BCUT2D eigenvalue weighted by Gasteiger charge is 2.51. The van der Waals surface area contributed by atoms with Crippen LogP contribution in [0.2, 0.25) is 0 Å². The van der Waals surface area contributed by atoms with Crippen molar-refractivity contribution in [2.45, 2.75) is 108 Å². The molecule has 5 nitrogen and oxygen atoms in total. The largest absolute Gasteiger partial charge is 0.353 e. The maximum Gasteiger partial charge on any atom is 0.230 e. The Balaban J connectivity index is 1.20. The molecule has 1 aromatic heterocycles. The maximum absolute atomic E-state index is 12.5. The van der Waals surface area contributed by atoms with Crippen LogP contribution in [0.5, 0.6) is 0 Å². The fourth-order valence-electron chi connectivity index (χ4n) is 7.54. The summed E-state index contributed by atoms with van der Waals surface area (Å²) >= 11 is 1.56. The number of thioether (sulfide) groups is 1. The van der Waals surface area contributed by atoms with E-state index in [4.69, 9.17) is 0 Å². The summed E-state index contributed by atoms with van der Waals surface area (Å²) in [5.41, 5.74) is 0.480. The van der Waals surface area contributed by atoms with Crippen LogP contribution in [0.4, 0.5) is 0 Å². The topological polar surface area (TPSA) is 59.8 Å². The molecule has 1 amide bonds. The summed E-state index contributed by atoms with van der Waals surface area (Å²) in [4.78, 5) is 12.5. The number of hydrogen-bond acceptors (Lipinski definition) is 4. The normalized spacial score (nSPS) is 33.6. The Morgan fingerprint density at radius 2 is 1.67 bits per heavy atom. The van der Waals surface area contributed by atoms with Crippen molar-refractivity contribution in [2.24, 2.45) is 23.2 Å². The third-order valence-electron chi connectivity index (χ3n) is 8.36. The number of nitrogens with zero attached hydrogens (tertiary/aromatic N) is 3. The van der Waals surface area contributed by atoms with Gasteiger partial charge in [-0.2, -0.15) is 0 Å². The third kappa shape index (κ3) is 4.44. The van der Waals surface area contributed by atoms with Gasteiger partial charge in [-0.05, 0) is 81.5 Å². The molecule has 6 rings (SSSR count). The van der Waals surface area contributed by atoms with Crippen molar-refractivity contribution in [1.82, 2.24) is 20.1 Å². The lowest BCUT2D eigenvalue weighted by Gasteiger charge is -2.56. The molecule has 0 aliphatic heterocycles. The standard InChI is InChI=1S/C24H38N4OS/c1-2-28-21(15-24-12-17-9-18(13-24)11-19(10-17)14-24)26-27-23(28)30-16-22(29)25-20-7-5-3-4-6-8-20/h17-20H,2-16H2,1H3,(H,25,29). The first-order chi connectivity index (χ1) is 14.6. The summed E-state index contributed by atoms with van der Waals surface area (Å²) in [5, 5.41) is 13.3. The second-order valence-electron chi connectivity index (χ2n) is 10.8. The molecular formula is C24H38N4OS. The van der Waals surface area contributed by atoms with Gasteiger partial charge in [-0.1, -0.05) is 37.4 Å². The van der Waals surface area contributed by atoms with Crippen LogP contribution in [-0.4, -0.2) is 32.5 Å². The lowest BCUT2D eigenvalue weighted by atomic mass is 9.49. The Labute approximate surface area is 185 Å². The first-order valence-corrected chi connectivity index (χ1v) is 13.5. The Hall–Kier alpha value is -1.04. The molecule has 0 aromatic carbocycles. The molecule has 5 fully saturated rings. The molecule has 5 aliphatic carbocycles. The number of rotatable bonds is 7. The van der Waals surface area contributed by atoms with E-state index in [0.717, 1.165) is 54.5 Å². The minimum absolute atomic E-state index is 0.153. The van der Waals surface area contributed by atoms with E-state index in [-0.39, 0.29) is 5.91 Å². The Kier molecular flexibility index (Phi) is 6.14. The molecule has 1 aromatic rings. The molecule has 0 spiro atoms. The second kappa shape index (κ2) is 8.84. The maximum atomic E-state index is 12.5. The molecule has 6 heteroatoms. The number of aromatic nitrogens is 3. The van der Waals surface area contributed by atoms with Gasteiger partial charge in [0, 0.05) is 19.0 Å². The molecule has 5 saturated carbocycles. The van der Waals surface area contributed by atoms with Crippen LogP contribution >= 0.6 is 11.8 Å².